The highest BCUT2D eigenvalue weighted by Crippen LogP contribution is 2.38. The van der Waals surface area contributed by atoms with Gasteiger partial charge in [0.15, 0.2) is 0 Å². The van der Waals surface area contributed by atoms with Crippen molar-refractivity contribution in [3.63, 3.8) is 0 Å². The van der Waals surface area contributed by atoms with Crippen molar-refractivity contribution in [3.05, 3.63) is 42.0 Å². The molecule has 0 radical (unpaired) electrons. The third-order valence-corrected chi connectivity index (χ3v) is 4.63. The summed E-state index contributed by atoms with van der Waals surface area (Å²) in [5.41, 5.74) is 2.10. The highest BCUT2D eigenvalue weighted by atomic mass is 16.7. The predicted molar refractivity (Wildman–Crippen MR) is 90.1 cm³/mol. The number of hydrogen-bond donors (Lipinski definition) is 0. The van der Waals surface area contributed by atoms with E-state index in [1.165, 1.54) is 11.1 Å². The summed E-state index contributed by atoms with van der Waals surface area (Å²) in [6, 6.07) is 10.5. The minimum atomic E-state index is -0.241. The van der Waals surface area contributed by atoms with Gasteiger partial charge in [0, 0.05) is 0 Å². The van der Waals surface area contributed by atoms with Crippen molar-refractivity contribution in [3.8, 4) is 0 Å². The molecule has 1 atom stereocenters. The Morgan fingerprint density at radius 3 is 2.14 bits per heavy atom. The van der Waals surface area contributed by atoms with Crippen LogP contribution in [0.5, 0.6) is 0 Å². The summed E-state index contributed by atoms with van der Waals surface area (Å²) in [5, 5.41) is 0. The van der Waals surface area contributed by atoms with E-state index in [2.05, 4.69) is 71.9 Å². The molecular weight excluding hydrogens is 259 g/mol. The van der Waals surface area contributed by atoms with Gasteiger partial charge in [0.1, 0.15) is 0 Å². The lowest BCUT2D eigenvalue weighted by molar-refractivity contribution is 0.00578. The number of benzene rings is 1. The number of rotatable bonds is 4. The smallest absolute Gasteiger partial charge is 0.403 e. The first kappa shape index (κ1) is 16.3. The second-order valence-corrected chi connectivity index (χ2v) is 7.11. The van der Waals surface area contributed by atoms with E-state index in [0.29, 0.717) is 5.92 Å². The molecule has 2 rings (SSSR count). The maximum atomic E-state index is 6.07. The molecule has 0 N–H and O–H groups in total. The predicted octanol–water partition coefficient (Wildman–Crippen LogP) is 4.82. The molecule has 1 aliphatic heterocycles. The van der Waals surface area contributed by atoms with Crippen LogP contribution in [0, 0.1) is 5.92 Å². The van der Waals surface area contributed by atoms with Crippen LogP contribution in [-0.4, -0.2) is 18.3 Å². The second-order valence-electron chi connectivity index (χ2n) is 7.11. The van der Waals surface area contributed by atoms with E-state index in [1.54, 1.807) is 0 Å². The molecule has 0 unspecified atom stereocenters. The van der Waals surface area contributed by atoms with E-state index < -0.39 is 0 Å². The van der Waals surface area contributed by atoms with E-state index >= 15 is 0 Å². The third kappa shape index (κ3) is 3.78. The highest BCUT2D eigenvalue weighted by molar-refractivity contribution is 6.45. The molecule has 2 nitrogen and oxygen atoms in total. The van der Waals surface area contributed by atoms with Gasteiger partial charge in [-0.25, -0.2) is 0 Å². The summed E-state index contributed by atoms with van der Waals surface area (Å²) in [6.45, 7) is 12.8. The fourth-order valence-electron chi connectivity index (χ4n) is 2.66. The van der Waals surface area contributed by atoms with Gasteiger partial charge in [-0.05, 0) is 58.0 Å². The zero-order chi connectivity index (χ0) is 15.7. The molecule has 1 saturated heterocycles. The van der Waals surface area contributed by atoms with Crippen LogP contribution in [0.1, 0.15) is 47.1 Å². The van der Waals surface area contributed by atoms with Crippen LogP contribution in [0.15, 0.2) is 36.4 Å². The van der Waals surface area contributed by atoms with Crippen LogP contribution < -0.4 is 0 Å². The van der Waals surface area contributed by atoms with E-state index in [0.717, 1.165) is 6.32 Å². The van der Waals surface area contributed by atoms with E-state index in [9.17, 15) is 0 Å². The largest absolute Gasteiger partial charge is 0.458 e. The van der Waals surface area contributed by atoms with Crippen molar-refractivity contribution in [2.45, 2.75) is 59.1 Å². The van der Waals surface area contributed by atoms with Crippen LogP contribution in [0.3, 0.4) is 0 Å². The van der Waals surface area contributed by atoms with E-state index in [4.69, 9.17) is 9.31 Å². The van der Waals surface area contributed by atoms with E-state index in [-0.39, 0.29) is 18.3 Å². The first-order valence-corrected chi connectivity index (χ1v) is 7.81. The van der Waals surface area contributed by atoms with Gasteiger partial charge in [-0.1, -0.05) is 43.3 Å². The average molecular weight is 286 g/mol. The Kier molecular flexibility index (Phi) is 4.65. The van der Waals surface area contributed by atoms with Crippen LogP contribution in [0.4, 0.5) is 0 Å². The maximum Gasteiger partial charge on any atom is 0.458 e. The summed E-state index contributed by atoms with van der Waals surface area (Å²) >= 11 is 0. The fraction of sp³-hybridized carbons (Fsp3) is 0.556. The normalized spacial score (nSPS) is 22.4. The third-order valence-electron chi connectivity index (χ3n) is 4.63. The quantitative estimate of drug-likeness (QED) is 0.739. The van der Waals surface area contributed by atoms with Crippen molar-refractivity contribution in [2.75, 3.05) is 0 Å². The molecule has 1 fully saturated rings. The van der Waals surface area contributed by atoms with Gasteiger partial charge in [-0.15, -0.1) is 0 Å². The lowest BCUT2D eigenvalue weighted by atomic mass is 9.77. The molecule has 1 heterocycles. The first-order chi connectivity index (χ1) is 9.71. The van der Waals surface area contributed by atoms with Gasteiger partial charge >= 0.3 is 7.12 Å². The Morgan fingerprint density at radius 1 is 1.10 bits per heavy atom. The van der Waals surface area contributed by atoms with Crippen molar-refractivity contribution in [1.82, 2.24) is 0 Å². The van der Waals surface area contributed by atoms with Gasteiger partial charge in [0.05, 0.1) is 11.2 Å². The van der Waals surface area contributed by atoms with Gasteiger partial charge in [0.25, 0.3) is 0 Å². The van der Waals surface area contributed by atoms with E-state index in [1.807, 2.05) is 6.07 Å². The maximum absolute atomic E-state index is 6.07. The van der Waals surface area contributed by atoms with Crippen LogP contribution in [0.2, 0.25) is 6.32 Å². The molecule has 1 aliphatic rings. The molecule has 1 aromatic rings. The Bertz CT molecular complexity index is 489. The molecule has 0 bridgehead atoms. The summed E-state index contributed by atoms with van der Waals surface area (Å²) in [6.07, 6.45) is 3.19. The zero-order valence-corrected chi connectivity index (χ0v) is 14.1. The van der Waals surface area contributed by atoms with Crippen molar-refractivity contribution < 1.29 is 9.31 Å². The van der Waals surface area contributed by atoms with Crippen LogP contribution in [0.25, 0.3) is 5.57 Å². The molecule has 0 amide bonds. The van der Waals surface area contributed by atoms with Gasteiger partial charge in [-0.2, -0.15) is 0 Å². The van der Waals surface area contributed by atoms with Crippen molar-refractivity contribution >= 4 is 12.7 Å². The number of hydrogen-bond acceptors (Lipinski definition) is 2. The SMILES string of the molecule is C/C(=C\[C@H](C)CB1OC(C)(C)C(C)(C)O1)c1ccccc1. The Labute approximate surface area is 129 Å². The summed E-state index contributed by atoms with van der Waals surface area (Å²) in [4.78, 5) is 0. The van der Waals surface area contributed by atoms with Crippen molar-refractivity contribution in [2.24, 2.45) is 5.92 Å². The molecule has 114 valence electrons. The van der Waals surface area contributed by atoms with Crippen LogP contribution >= 0.6 is 0 Å². The molecule has 3 heteroatoms. The topological polar surface area (TPSA) is 18.5 Å². The molecular formula is C18H27BO2. The summed E-state index contributed by atoms with van der Waals surface area (Å²) < 4.78 is 12.1. The van der Waals surface area contributed by atoms with Gasteiger partial charge in [0.2, 0.25) is 0 Å². The fourth-order valence-corrected chi connectivity index (χ4v) is 2.66. The molecule has 1 aromatic carbocycles. The lowest BCUT2D eigenvalue weighted by Crippen LogP contribution is -2.41. The monoisotopic (exact) mass is 286 g/mol. The number of allylic oxidation sites excluding steroid dienone is 2. The standard InChI is InChI=1S/C18H27BO2/c1-14(12-15(2)16-10-8-7-9-11-16)13-19-20-17(3,4)18(5,6)21-19/h7-12,14H,13H2,1-6H3/b15-12+/t14-/m0/s1. The first-order valence-electron chi connectivity index (χ1n) is 7.81. The molecule has 0 aromatic heterocycles. The van der Waals surface area contributed by atoms with Crippen molar-refractivity contribution in [1.29, 1.82) is 0 Å². The van der Waals surface area contributed by atoms with Crippen LogP contribution in [-0.2, 0) is 9.31 Å². The Hall–Kier alpha value is -1.06. The summed E-state index contributed by atoms with van der Waals surface area (Å²) in [7, 11) is -0.121. The summed E-state index contributed by atoms with van der Waals surface area (Å²) in [5.74, 6) is 0.417. The zero-order valence-electron chi connectivity index (χ0n) is 14.1. The van der Waals surface area contributed by atoms with Gasteiger partial charge in [-0.3, -0.25) is 0 Å². The minimum Gasteiger partial charge on any atom is -0.403 e. The second kappa shape index (κ2) is 5.98. The minimum absolute atomic E-state index is 0.121. The van der Waals surface area contributed by atoms with Gasteiger partial charge < -0.3 is 9.31 Å². The molecule has 0 spiro atoms. The molecule has 0 saturated carbocycles. The highest BCUT2D eigenvalue weighted by Gasteiger charge is 2.50. The average Bonchev–Trinajstić information content (AvgIpc) is 2.57. The Balaban J connectivity index is 1.99. The molecule has 21 heavy (non-hydrogen) atoms. The molecule has 0 aliphatic carbocycles. The Morgan fingerprint density at radius 2 is 1.62 bits per heavy atom. The lowest BCUT2D eigenvalue weighted by Gasteiger charge is -2.32.